The Bertz CT molecular complexity index is 375. The number of nitrogens with two attached hydrogens (primary N) is 1. The molecule has 1 aromatic carbocycles. The summed E-state index contributed by atoms with van der Waals surface area (Å²) in [5.74, 6) is 1.37. The molecule has 1 aromatic rings. The average Bonchev–Trinajstić information content (AvgIpc) is 2.24. The van der Waals surface area contributed by atoms with Crippen LogP contribution in [0, 0.1) is 5.92 Å². The Morgan fingerprint density at radius 2 is 1.94 bits per heavy atom. The van der Waals surface area contributed by atoms with Crippen LogP contribution in [0.25, 0.3) is 0 Å². The Morgan fingerprint density at radius 1 is 1.29 bits per heavy atom. The van der Waals surface area contributed by atoms with Crippen molar-refractivity contribution in [1.82, 2.24) is 0 Å². The Hall–Kier alpha value is -0.680. The molecule has 0 fully saturated rings. The zero-order chi connectivity index (χ0) is 13.1. The van der Waals surface area contributed by atoms with Gasteiger partial charge in [0.2, 0.25) is 0 Å². The van der Waals surface area contributed by atoms with Gasteiger partial charge in [0.1, 0.15) is 0 Å². The van der Waals surface area contributed by atoms with Crippen LogP contribution < -0.4 is 5.73 Å². The van der Waals surface area contributed by atoms with Crippen molar-refractivity contribution in [1.29, 1.82) is 0 Å². The van der Waals surface area contributed by atoms with Gasteiger partial charge in [0.25, 0.3) is 0 Å². The number of rotatable bonds is 4. The first-order valence-electron chi connectivity index (χ1n) is 5.37. The van der Waals surface area contributed by atoms with Crippen molar-refractivity contribution < 1.29 is 13.2 Å². The third-order valence-corrected chi connectivity index (χ3v) is 3.72. The lowest BCUT2D eigenvalue weighted by Crippen LogP contribution is -2.08. The molecule has 0 spiro atoms. The quantitative estimate of drug-likeness (QED) is 0.833. The fraction of sp³-hybridized carbons (Fsp3) is 0.500. The van der Waals surface area contributed by atoms with Gasteiger partial charge in [-0.25, -0.2) is 0 Å². The highest BCUT2D eigenvalue weighted by Gasteiger charge is 2.30. The summed E-state index contributed by atoms with van der Waals surface area (Å²) >= 11 is 1.55. The van der Waals surface area contributed by atoms with Gasteiger partial charge in [-0.2, -0.15) is 13.2 Å². The molecule has 0 aromatic heterocycles. The summed E-state index contributed by atoms with van der Waals surface area (Å²) in [5.41, 5.74) is 5.42. The molecule has 0 unspecified atom stereocenters. The highest BCUT2D eigenvalue weighted by molar-refractivity contribution is 7.99. The highest BCUT2D eigenvalue weighted by atomic mass is 32.2. The van der Waals surface area contributed by atoms with Gasteiger partial charge in [-0.3, -0.25) is 0 Å². The van der Waals surface area contributed by atoms with Crippen LogP contribution in [0.4, 0.5) is 13.2 Å². The Balaban J connectivity index is 2.93. The van der Waals surface area contributed by atoms with Crippen molar-refractivity contribution in [2.24, 2.45) is 11.7 Å². The van der Waals surface area contributed by atoms with E-state index in [1.165, 1.54) is 6.07 Å². The molecule has 0 aliphatic heterocycles. The number of benzene rings is 1. The second kappa shape index (κ2) is 5.78. The molecule has 0 saturated carbocycles. The molecule has 0 aliphatic carbocycles. The van der Waals surface area contributed by atoms with E-state index in [1.54, 1.807) is 11.8 Å². The van der Waals surface area contributed by atoms with Crippen molar-refractivity contribution in [2.75, 3.05) is 5.75 Å². The summed E-state index contributed by atoms with van der Waals surface area (Å²) in [6, 6.07) is 3.77. The predicted octanol–water partition coefficient (Wildman–Crippen LogP) is 3.91. The van der Waals surface area contributed by atoms with Crippen molar-refractivity contribution in [3.8, 4) is 0 Å². The first-order chi connectivity index (χ1) is 7.84. The van der Waals surface area contributed by atoms with E-state index >= 15 is 0 Å². The number of alkyl halides is 3. The molecule has 0 radical (unpaired) electrons. The maximum atomic E-state index is 12.5. The van der Waals surface area contributed by atoms with E-state index in [2.05, 4.69) is 13.8 Å². The summed E-state index contributed by atoms with van der Waals surface area (Å²) < 4.78 is 37.5. The lowest BCUT2D eigenvalue weighted by Gasteiger charge is -2.13. The molecule has 1 rings (SSSR count). The van der Waals surface area contributed by atoms with Gasteiger partial charge in [0.05, 0.1) is 5.56 Å². The lowest BCUT2D eigenvalue weighted by molar-refractivity contribution is -0.137. The monoisotopic (exact) mass is 263 g/mol. The second-order valence-corrected chi connectivity index (χ2v) is 5.29. The molecular weight excluding hydrogens is 247 g/mol. The minimum Gasteiger partial charge on any atom is -0.326 e. The summed E-state index contributed by atoms with van der Waals surface area (Å²) in [6.45, 7) is 4.27. The van der Waals surface area contributed by atoms with Gasteiger partial charge in [-0.1, -0.05) is 13.8 Å². The number of hydrogen-bond acceptors (Lipinski definition) is 2. The molecule has 0 saturated heterocycles. The van der Waals surface area contributed by atoms with E-state index in [0.29, 0.717) is 11.5 Å². The molecule has 1 nitrogen and oxygen atoms in total. The number of halogens is 3. The van der Waals surface area contributed by atoms with E-state index in [1.807, 2.05) is 0 Å². The van der Waals surface area contributed by atoms with Crippen LogP contribution in [-0.2, 0) is 12.7 Å². The molecule has 0 bridgehead atoms. The minimum atomic E-state index is -4.30. The fourth-order valence-corrected chi connectivity index (χ4v) is 2.32. The molecule has 5 heteroatoms. The largest absolute Gasteiger partial charge is 0.416 e. The van der Waals surface area contributed by atoms with Crippen LogP contribution in [0.15, 0.2) is 23.1 Å². The maximum Gasteiger partial charge on any atom is 0.416 e. The average molecular weight is 263 g/mol. The summed E-state index contributed by atoms with van der Waals surface area (Å²) in [7, 11) is 0. The third kappa shape index (κ3) is 4.24. The first-order valence-corrected chi connectivity index (χ1v) is 6.36. The predicted molar refractivity (Wildman–Crippen MR) is 64.9 cm³/mol. The molecule has 0 amide bonds. The third-order valence-electron chi connectivity index (χ3n) is 2.18. The SMILES string of the molecule is CC(C)CSc1ccc(C(F)(F)F)cc1CN. The second-order valence-electron chi connectivity index (χ2n) is 4.23. The Morgan fingerprint density at radius 3 is 2.41 bits per heavy atom. The molecule has 0 atom stereocenters. The van der Waals surface area contributed by atoms with E-state index in [9.17, 15) is 13.2 Å². The molecule has 2 N–H and O–H groups in total. The standard InChI is InChI=1S/C12H16F3NS/c1-8(2)7-17-11-4-3-10(12(13,14)15)5-9(11)6-16/h3-5,8H,6-7,16H2,1-2H3. The van der Waals surface area contributed by atoms with Crippen LogP contribution >= 0.6 is 11.8 Å². The summed E-state index contributed by atoms with van der Waals surface area (Å²) in [4.78, 5) is 0.842. The molecule has 0 aliphatic rings. The molecule has 0 heterocycles. The van der Waals surface area contributed by atoms with Crippen molar-refractivity contribution >= 4 is 11.8 Å². The van der Waals surface area contributed by atoms with E-state index in [-0.39, 0.29) is 6.54 Å². The minimum absolute atomic E-state index is 0.129. The van der Waals surface area contributed by atoms with E-state index in [4.69, 9.17) is 5.73 Å². The Kier molecular flexibility index (Phi) is 4.89. The maximum absolute atomic E-state index is 12.5. The van der Waals surface area contributed by atoms with Gasteiger partial charge >= 0.3 is 6.18 Å². The normalized spacial score (nSPS) is 12.2. The number of thioether (sulfide) groups is 1. The fourth-order valence-electron chi connectivity index (χ4n) is 1.31. The van der Waals surface area contributed by atoms with Gasteiger partial charge in [0.15, 0.2) is 0 Å². The van der Waals surface area contributed by atoms with Crippen LogP contribution in [0.5, 0.6) is 0 Å². The van der Waals surface area contributed by atoms with Crippen LogP contribution in [-0.4, -0.2) is 5.75 Å². The highest BCUT2D eigenvalue weighted by Crippen LogP contribution is 2.33. The summed E-state index contributed by atoms with van der Waals surface area (Å²) in [5, 5.41) is 0. The van der Waals surface area contributed by atoms with Crippen molar-refractivity contribution in [3.63, 3.8) is 0 Å². The molecular formula is C12H16F3NS. The van der Waals surface area contributed by atoms with Gasteiger partial charge in [-0.15, -0.1) is 11.8 Å². The first kappa shape index (κ1) is 14.4. The lowest BCUT2D eigenvalue weighted by atomic mass is 10.1. The van der Waals surface area contributed by atoms with Crippen molar-refractivity contribution in [2.45, 2.75) is 31.5 Å². The van der Waals surface area contributed by atoms with Crippen LogP contribution in [0.1, 0.15) is 25.0 Å². The van der Waals surface area contributed by atoms with Crippen LogP contribution in [0.2, 0.25) is 0 Å². The summed E-state index contributed by atoms with van der Waals surface area (Å²) in [6.07, 6.45) is -4.30. The van der Waals surface area contributed by atoms with Gasteiger partial charge in [0, 0.05) is 17.2 Å². The van der Waals surface area contributed by atoms with Gasteiger partial charge < -0.3 is 5.73 Å². The van der Waals surface area contributed by atoms with Crippen LogP contribution in [0.3, 0.4) is 0 Å². The van der Waals surface area contributed by atoms with Gasteiger partial charge in [-0.05, 0) is 29.7 Å². The van der Waals surface area contributed by atoms with Crippen molar-refractivity contribution in [3.05, 3.63) is 29.3 Å². The van der Waals surface area contributed by atoms with E-state index < -0.39 is 11.7 Å². The molecule has 96 valence electrons. The Labute approximate surface area is 104 Å². The smallest absolute Gasteiger partial charge is 0.326 e. The number of hydrogen-bond donors (Lipinski definition) is 1. The zero-order valence-corrected chi connectivity index (χ0v) is 10.7. The topological polar surface area (TPSA) is 26.0 Å². The molecule has 17 heavy (non-hydrogen) atoms. The zero-order valence-electron chi connectivity index (χ0n) is 9.84. The van der Waals surface area contributed by atoms with E-state index in [0.717, 1.165) is 22.8 Å².